The van der Waals surface area contributed by atoms with Crippen molar-refractivity contribution in [3.05, 3.63) is 24.0 Å². The standard InChI is InChI=1S/C12H14FN3O2S/c13-9-6-10(15)8-12(7-9)19(17,18)16(5-1-4-14)11-2-3-11/h6-8,11H,1-3,5,15H2. The van der Waals surface area contributed by atoms with Crippen LogP contribution in [0.25, 0.3) is 0 Å². The van der Waals surface area contributed by atoms with Crippen LogP contribution in [0.4, 0.5) is 10.1 Å². The Balaban J connectivity index is 2.36. The summed E-state index contributed by atoms with van der Waals surface area (Å²) in [6.07, 6.45) is 1.66. The van der Waals surface area contributed by atoms with E-state index >= 15 is 0 Å². The van der Waals surface area contributed by atoms with Crippen molar-refractivity contribution in [3.8, 4) is 6.07 Å². The Morgan fingerprint density at radius 1 is 1.42 bits per heavy atom. The number of nitrogens with two attached hydrogens (primary N) is 1. The molecule has 0 aromatic heterocycles. The highest BCUT2D eigenvalue weighted by molar-refractivity contribution is 7.89. The fourth-order valence-corrected chi connectivity index (χ4v) is 3.64. The van der Waals surface area contributed by atoms with Gasteiger partial charge in [0.1, 0.15) is 5.82 Å². The molecule has 1 saturated carbocycles. The third kappa shape index (κ3) is 3.03. The number of halogens is 1. The summed E-state index contributed by atoms with van der Waals surface area (Å²) in [7, 11) is -3.79. The normalized spacial score (nSPS) is 15.4. The number of nitrogens with zero attached hydrogens (tertiary/aromatic N) is 2. The number of hydrogen-bond acceptors (Lipinski definition) is 4. The van der Waals surface area contributed by atoms with Gasteiger partial charge >= 0.3 is 0 Å². The maximum absolute atomic E-state index is 13.3. The van der Waals surface area contributed by atoms with Gasteiger partial charge in [-0.3, -0.25) is 0 Å². The largest absolute Gasteiger partial charge is 0.399 e. The maximum Gasteiger partial charge on any atom is 0.243 e. The van der Waals surface area contributed by atoms with Crippen molar-refractivity contribution >= 4 is 15.7 Å². The Hall–Kier alpha value is -1.65. The molecule has 1 aliphatic rings. The molecule has 0 spiro atoms. The van der Waals surface area contributed by atoms with E-state index in [9.17, 15) is 12.8 Å². The maximum atomic E-state index is 13.3. The Labute approximate surface area is 111 Å². The second kappa shape index (κ2) is 5.15. The molecule has 0 bridgehead atoms. The topological polar surface area (TPSA) is 87.2 Å². The highest BCUT2D eigenvalue weighted by atomic mass is 32.2. The molecule has 0 aliphatic heterocycles. The van der Waals surface area contributed by atoms with E-state index in [1.807, 2.05) is 6.07 Å². The van der Waals surface area contributed by atoms with Crippen molar-refractivity contribution in [2.75, 3.05) is 12.3 Å². The van der Waals surface area contributed by atoms with Crippen LogP contribution in [0, 0.1) is 17.1 Å². The number of sulfonamides is 1. The van der Waals surface area contributed by atoms with Crippen molar-refractivity contribution in [1.82, 2.24) is 4.31 Å². The monoisotopic (exact) mass is 283 g/mol. The molecule has 5 nitrogen and oxygen atoms in total. The summed E-state index contributed by atoms with van der Waals surface area (Å²) < 4.78 is 39.4. The molecule has 2 rings (SSSR count). The summed E-state index contributed by atoms with van der Waals surface area (Å²) in [5, 5.41) is 8.59. The van der Waals surface area contributed by atoms with Crippen LogP contribution < -0.4 is 5.73 Å². The molecule has 7 heteroatoms. The number of rotatable bonds is 5. The van der Waals surface area contributed by atoms with Gasteiger partial charge in [0.15, 0.2) is 0 Å². The van der Waals surface area contributed by atoms with E-state index in [-0.39, 0.29) is 29.6 Å². The molecule has 0 saturated heterocycles. The summed E-state index contributed by atoms with van der Waals surface area (Å²) in [4.78, 5) is -0.158. The molecule has 2 N–H and O–H groups in total. The fourth-order valence-electron chi connectivity index (χ4n) is 1.89. The second-order valence-electron chi connectivity index (χ2n) is 4.48. The summed E-state index contributed by atoms with van der Waals surface area (Å²) in [6.45, 7) is 0.125. The number of nitriles is 1. The van der Waals surface area contributed by atoms with Crippen LogP contribution in [0.1, 0.15) is 19.3 Å². The van der Waals surface area contributed by atoms with Gasteiger partial charge in [0.25, 0.3) is 0 Å². The molecule has 0 unspecified atom stereocenters. The van der Waals surface area contributed by atoms with E-state index in [1.54, 1.807) is 0 Å². The first kappa shape index (κ1) is 13.8. The SMILES string of the molecule is N#CCCN(C1CC1)S(=O)(=O)c1cc(N)cc(F)c1. The predicted molar refractivity (Wildman–Crippen MR) is 68.0 cm³/mol. The highest BCUT2D eigenvalue weighted by Crippen LogP contribution is 2.32. The molecule has 1 fully saturated rings. The third-order valence-corrected chi connectivity index (χ3v) is 4.83. The molecule has 1 aromatic rings. The molecule has 0 heterocycles. The van der Waals surface area contributed by atoms with Crippen molar-refractivity contribution in [2.24, 2.45) is 0 Å². The molecule has 0 radical (unpaired) electrons. The molecule has 102 valence electrons. The summed E-state index contributed by atoms with van der Waals surface area (Å²) >= 11 is 0. The van der Waals surface area contributed by atoms with E-state index in [1.165, 1.54) is 10.4 Å². The third-order valence-electron chi connectivity index (χ3n) is 2.90. The Kier molecular flexibility index (Phi) is 3.73. The average molecular weight is 283 g/mol. The number of anilines is 1. The lowest BCUT2D eigenvalue weighted by atomic mass is 10.3. The molecule has 19 heavy (non-hydrogen) atoms. The average Bonchev–Trinajstić information content (AvgIpc) is 3.12. The van der Waals surface area contributed by atoms with E-state index in [0.29, 0.717) is 0 Å². The van der Waals surface area contributed by atoms with Crippen LogP contribution in [0.5, 0.6) is 0 Å². The molecular formula is C12H14FN3O2S. The smallest absolute Gasteiger partial charge is 0.243 e. The molecule has 0 atom stereocenters. The van der Waals surface area contributed by atoms with Gasteiger partial charge in [-0.05, 0) is 31.0 Å². The Bertz CT molecular complexity index is 600. The van der Waals surface area contributed by atoms with Crippen molar-refractivity contribution in [1.29, 1.82) is 5.26 Å². The lowest BCUT2D eigenvalue weighted by Gasteiger charge is -2.20. The first-order valence-electron chi connectivity index (χ1n) is 5.90. The summed E-state index contributed by atoms with van der Waals surface area (Å²) in [5.41, 5.74) is 5.54. The van der Waals surface area contributed by atoms with Crippen LogP contribution in [0.2, 0.25) is 0 Å². The van der Waals surface area contributed by atoms with Gasteiger partial charge < -0.3 is 5.73 Å². The quantitative estimate of drug-likeness (QED) is 0.829. The predicted octanol–water partition coefficient (Wildman–Crippen LogP) is 1.47. The van der Waals surface area contributed by atoms with Crippen LogP contribution in [-0.4, -0.2) is 25.3 Å². The van der Waals surface area contributed by atoms with E-state index in [0.717, 1.165) is 25.0 Å². The zero-order chi connectivity index (χ0) is 14.0. The first-order valence-corrected chi connectivity index (χ1v) is 7.34. The molecule has 1 aliphatic carbocycles. The van der Waals surface area contributed by atoms with Gasteiger partial charge in [-0.1, -0.05) is 0 Å². The minimum absolute atomic E-state index is 0.0644. The number of hydrogen-bond donors (Lipinski definition) is 1. The number of benzene rings is 1. The van der Waals surface area contributed by atoms with Gasteiger partial charge in [0.05, 0.1) is 11.0 Å². The molecule has 1 aromatic carbocycles. The summed E-state index contributed by atoms with van der Waals surface area (Å²) in [5.74, 6) is -0.686. The highest BCUT2D eigenvalue weighted by Gasteiger charge is 2.37. The van der Waals surface area contributed by atoms with Gasteiger partial charge in [-0.15, -0.1) is 0 Å². The van der Waals surface area contributed by atoms with Crippen LogP contribution in [0.15, 0.2) is 23.1 Å². The van der Waals surface area contributed by atoms with Crippen LogP contribution in [-0.2, 0) is 10.0 Å². The number of nitrogen functional groups attached to an aromatic ring is 1. The Morgan fingerprint density at radius 2 is 2.11 bits per heavy atom. The van der Waals surface area contributed by atoms with Gasteiger partial charge in [0.2, 0.25) is 10.0 Å². The van der Waals surface area contributed by atoms with Crippen LogP contribution >= 0.6 is 0 Å². The van der Waals surface area contributed by atoms with Gasteiger partial charge in [-0.2, -0.15) is 9.57 Å². The van der Waals surface area contributed by atoms with E-state index in [2.05, 4.69) is 0 Å². The Morgan fingerprint density at radius 3 is 2.63 bits per heavy atom. The first-order chi connectivity index (χ1) is 8.95. The van der Waals surface area contributed by atoms with Gasteiger partial charge in [-0.25, -0.2) is 12.8 Å². The lowest BCUT2D eigenvalue weighted by Crippen LogP contribution is -2.34. The fraction of sp³-hybridized carbons (Fsp3) is 0.417. The second-order valence-corrected chi connectivity index (χ2v) is 6.37. The minimum Gasteiger partial charge on any atom is -0.399 e. The van der Waals surface area contributed by atoms with Gasteiger partial charge in [0, 0.05) is 24.7 Å². The molecular weight excluding hydrogens is 269 g/mol. The van der Waals surface area contributed by atoms with Crippen molar-refractivity contribution < 1.29 is 12.8 Å². The van der Waals surface area contributed by atoms with Crippen LogP contribution in [0.3, 0.4) is 0 Å². The lowest BCUT2D eigenvalue weighted by molar-refractivity contribution is 0.410. The van der Waals surface area contributed by atoms with Crippen molar-refractivity contribution in [3.63, 3.8) is 0 Å². The van der Waals surface area contributed by atoms with Crippen molar-refractivity contribution in [2.45, 2.75) is 30.2 Å². The van der Waals surface area contributed by atoms with E-state index in [4.69, 9.17) is 11.0 Å². The summed E-state index contributed by atoms with van der Waals surface area (Å²) in [6, 6.07) is 5.09. The minimum atomic E-state index is -3.79. The molecule has 0 amide bonds. The zero-order valence-corrected chi connectivity index (χ0v) is 11.0. The zero-order valence-electron chi connectivity index (χ0n) is 10.2. The van der Waals surface area contributed by atoms with E-state index < -0.39 is 15.8 Å².